The van der Waals surface area contributed by atoms with Gasteiger partial charge in [-0.25, -0.2) is 4.79 Å². The first-order valence-corrected chi connectivity index (χ1v) is 8.94. The van der Waals surface area contributed by atoms with Crippen LogP contribution in [0.15, 0.2) is 30.3 Å². The van der Waals surface area contributed by atoms with Crippen molar-refractivity contribution in [3.8, 4) is 0 Å². The summed E-state index contributed by atoms with van der Waals surface area (Å²) in [5.41, 5.74) is 0.268. The van der Waals surface area contributed by atoms with E-state index in [4.69, 9.17) is 4.74 Å². The quantitative estimate of drug-likeness (QED) is 0.875. The van der Waals surface area contributed by atoms with Gasteiger partial charge in [0.2, 0.25) is 0 Å². The van der Waals surface area contributed by atoms with E-state index >= 15 is 0 Å². The highest BCUT2D eigenvalue weighted by Gasteiger charge is 2.50. The van der Waals surface area contributed by atoms with Gasteiger partial charge in [0, 0.05) is 5.54 Å². The van der Waals surface area contributed by atoms with Crippen molar-refractivity contribution in [1.82, 2.24) is 10.6 Å². The number of amides is 1. The van der Waals surface area contributed by atoms with E-state index in [2.05, 4.69) is 41.8 Å². The summed E-state index contributed by atoms with van der Waals surface area (Å²) in [5.74, 6) is 0. The zero-order chi connectivity index (χ0) is 17.8. The fourth-order valence-corrected chi connectivity index (χ4v) is 3.85. The van der Waals surface area contributed by atoms with Crippen LogP contribution in [0.2, 0.25) is 0 Å². The lowest BCUT2D eigenvalue weighted by Crippen LogP contribution is -2.70. The lowest BCUT2D eigenvalue weighted by molar-refractivity contribution is 0.0283. The van der Waals surface area contributed by atoms with E-state index in [1.165, 1.54) is 12.0 Å². The van der Waals surface area contributed by atoms with Crippen molar-refractivity contribution < 1.29 is 9.53 Å². The second-order valence-electron chi connectivity index (χ2n) is 8.16. The van der Waals surface area contributed by atoms with E-state index in [-0.39, 0.29) is 17.2 Å². The smallest absolute Gasteiger partial charge is 0.408 e. The van der Waals surface area contributed by atoms with Gasteiger partial charge >= 0.3 is 6.09 Å². The van der Waals surface area contributed by atoms with Crippen LogP contribution < -0.4 is 10.6 Å². The van der Waals surface area contributed by atoms with Crippen molar-refractivity contribution in [2.45, 2.75) is 76.5 Å². The van der Waals surface area contributed by atoms with Crippen molar-refractivity contribution in [2.24, 2.45) is 0 Å². The minimum Gasteiger partial charge on any atom is -0.444 e. The van der Waals surface area contributed by atoms with Gasteiger partial charge in [-0.15, -0.1) is 0 Å². The number of ether oxygens (including phenoxy) is 1. The fourth-order valence-electron chi connectivity index (χ4n) is 3.85. The molecular weight excluding hydrogens is 300 g/mol. The summed E-state index contributed by atoms with van der Waals surface area (Å²) in [5, 5.41) is 6.74. The Bertz CT molecular complexity index is 553. The standard InChI is InChI=1S/C20H32N2O2/c1-18(2,3)24-17(23)22-19(4)13-9-10-14-20(19,21-5)15-16-11-7-6-8-12-16/h6-8,11-12,21H,9-10,13-15H2,1-5H3,(H,22,23). The average molecular weight is 332 g/mol. The molecule has 1 saturated carbocycles. The lowest BCUT2D eigenvalue weighted by Gasteiger charge is -2.52. The van der Waals surface area contributed by atoms with E-state index in [0.717, 1.165) is 25.7 Å². The van der Waals surface area contributed by atoms with E-state index in [1.54, 1.807) is 0 Å². The predicted octanol–water partition coefficient (Wildman–Crippen LogP) is 4.04. The molecule has 4 nitrogen and oxygen atoms in total. The number of benzene rings is 1. The molecule has 0 aromatic heterocycles. The zero-order valence-electron chi connectivity index (χ0n) is 15.7. The predicted molar refractivity (Wildman–Crippen MR) is 98.2 cm³/mol. The maximum Gasteiger partial charge on any atom is 0.408 e. The number of alkyl carbamates (subject to hydrolysis) is 1. The summed E-state index contributed by atoms with van der Waals surface area (Å²) in [6, 6.07) is 10.5. The molecule has 2 N–H and O–H groups in total. The van der Waals surface area contributed by atoms with Gasteiger partial charge in [0.1, 0.15) is 5.60 Å². The maximum absolute atomic E-state index is 12.4. The number of carbonyl (C=O) groups is 1. The summed E-state index contributed by atoms with van der Waals surface area (Å²) in [6.07, 6.45) is 4.81. The Kier molecular flexibility index (Phi) is 5.59. The molecule has 24 heavy (non-hydrogen) atoms. The molecule has 1 aliphatic rings. The second-order valence-corrected chi connectivity index (χ2v) is 8.16. The first kappa shape index (κ1) is 18.8. The number of nitrogens with one attached hydrogen (secondary N) is 2. The topological polar surface area (TPSA) is 50.4 Å². The van der Waals surface area contributed by atoms with Crippen LogP contribution in [0.1, 0.15) is 58.9 Å². The lowest BCUT2D eigenvalue weighted by atomic mass is 9.65. The normalized spacial score (nSPS) is 27.5. The van der Waals surface area contributed by atoms with E-state index in [9.17, 15) is 4.79 Å². The van der Waals surface area contributed by atoms with E-state index in [0.29, 0.717) is 0 Å². The number of rotatable bonds is 4. The van der Waals surface area contributed by atoms with Gasteiger partial charge < -0.3 is 15.4 Å². The Balaban J connectivity index is 2.24. The molecule has 0 heterocycles. The first-order chi connectivity index (χ1) is 11.2. The third-order valence-electron chi connectivity index (χ3n) is 5.19. The van der Waals surface area contributed by atoms with Gasteiger partial charge in [-0.2, -0.15) is 0 Å². The Labute approximate surface area is 146 Å². The SMILES string of the molecule is CNC1(Cc2ccccc2)CCCCC1(C)NC(=O)OC(C)(C)C. The summed E-state index contributed by atoms with van der Waals surface area (Å²) < 4.78 is 5.52. The van der Waals surface area contributed by atoms with Crippen molar-refractivity contribution in [1.29, 1.82) is 0 Å². The van der Waals surface area contributed by atoms with Crippen LogP contribution in [-0.2, 0) is 11.2 Å². The highest BCUT2D eigenvalue weighted by atomic mass is 16.6. The monoisotopic (exact) mass is 332 g/mol. The largest absolute Gasteiger partial charge is 0.444 e. The van der Waals surface area contributed by atoms with Crippen LogP contribution in [0.25, 0.3) is 0 Å². The van der Waals surface area contributed by atoms with Gasteiger partial charge in [0.05, 0.1) is 5.54 Å². The number of likely N-dealkylation sites (N-methyl/N-ethyl adjacent to an activating group) is 1. The first-order valence-electron chi connectivity index (χ1n) is 8.94. The summed E-state index contributed by atoms with van der Waals surface area (Å²) in [4.78, 5) is 12.4. The van der Waals surface area contributed by atoms with Crippen LogP contribution >= 0.6 is 0 Å². The third kappa shape index (κ3) is 4.29. The van der Waals surface area contributed by atoms with Crippen LogP contribution in [0.4, 0.5) is 4.79 Å². The van der Waals surface area contributed by atoms with Gasteiger partial charge in [-0.05, 0) is 59.6 Å². The zero-order valence-corrected chi connectivity index (χ0v) is 15.7. The molecular formula is C20H32N2O2. The van der Waals surface area contributed by atoms with Gasteiger partial charge in [-0.3, -0.25) is 0 Å². The van der Waals surface area contributed by atoms with Crippen LogP contribution in [0, 0.1) is 0 Å². The summed E-state index contributed by atoms with van der Waals surface area (Å²) >= 11 is 0. The number of hydrogen-bond acceptors (Lipinski definition) is 3. The van der Waals surface area contributed by atoms with Crippen LogP contribution in [0.5, 0.6) is 0 Å². The Morgan fingerprint density at radius 3 is 2.38 bits per heavy atom. The molecule has 1 aliphatic carbocycles. The molecule has 134 valence electrons. The molecule has 2 atom stereocenters. The highest BCUT2D eigenvalue weighted by molar-refractivity contribution is 5.69. The molecule has 2 rings (SSSR count). The van der Waals surface area contributed by atoms with E-state index < -0.39 is 5.60 Å². The molecule has 1 aromatic rings. The third-order valence-corrected chi connectivity index (χ3v) is 5.19. The van der Waals surface area contributed by atoms with Crippen molar-refractivity contribution in [3.63, 3.8) is 0 Å². The maximum atomic E-state index is 12.4. The van der Waals surface area contributed by atoms with Gasteiger partial charge in [-0.1, -0.05) is 43.2 Å². The molecule has 2 unspecified atom stereocenters. The fraction of sp³-hybridized carbons (Fsp3) is 0.650. The minimum atomic E-state index is -0.489. The van der Waals surface area contributed by atoms with Crippen molar-refractivity contribution >= 4 is 6.09 Å². The molecule has 1 aromatic carbocycles. The summed E-state index contributed by atoms with van der Waals surface area (Å²) in [7, 11) is 2.00. The van der Waals surface area contributed by atoms with Gasteiger partial charge in [0.15, 0.2) is 0 Å². The van der Waals surface area contributed by atoms with Crippen molar-refractivity contribution in [3.05, 3.63) is 35.9 Å². The summed E-state index contributed by atoms with van der Waals surface area (Å²) in [6.45, 7) is 7.83. The molecule has 1 amide bonds. The van der Waals surface area contributed by atoms with E-state index in [1.807, 2.05) is 33.9 Å². The number of carbonyl (C=O) groups excluding carboxylic acids is 1. The van der Waals surface area contributed by atoms with Crippen LogP contribution in [0.3, 0.4) is 0 Å². The molecule has 0 saturated heterocycles. The average Bonchev–Trinajstić information content (AvgIpc) is 2.48. The molecule has 0 spiro atoms. The highest BCUT2D eigenvalue weighted by Crippen LogP contribution is 2.39. The Morgan fingerprint density at radius 1 is 1.17 bits per heavy atom. The molecule has 4 heteroatoms. The molecule has 0 bridgehead atoms. The van der Waals surface area contributed by atoms with Gasteiger partial charge in [0.25, 0.3) is 0 Å². The minimum absolute atomic E-state index is 0.177. The van der Waals surface area contributed by atoms with Crippen molar-refractivity contribution in [2.75, 3.05) is 7.05 Å². The Hall–Kier alpha value is -1.55. The number of hydrogen-bond donors (Lipinski definition) is 2. The molecule has 0 aliphatic heterocycles. The second kappa shape index (κ2) is 7.14. The molecule has 0 radical (unpaired) electrons. The Morgan fingerprint density at radius 2 is 1.79 bits per heavy atom. The van der Waals surface area contributed by atoms with Crippen LogP contribution in [-0.4, -0.2) is 29.8 Å². The molecule has 1 fully saturated rings.